The monoisotopic (exact) mass is 446 g/mol. The van der Waals surface area contributed by atoms with Crippen LogP contribution in [0, 0.1) is 0 Å². The summed E-state index contributed by atoms with van der Waals surface area (Å²) in [7, 11) is 0. The summed E-state index contributed by atoms with van der Waals surface area (Å²) in [4.78, 5) is 9.18. The van der Waals surface area contributed by atoms with E-state index in [0.717, 1.165) is 49.1 Å². The molecule has 3 heterocycles. The lowest BCUT2D eigenvalue weighted by Gasteiger charge is -2.36. The molecule has 7 nitrogen and oxygen atoms in total. The third kappa shape index (κ3) is 4.68. The van der Waals surface area contributed by atoms with Crippen molar-refractivity contribution in [2.24, 2.45) is 0 Å². The molecule has 0 saturated carbocycles. The van der Waals surface area contributed by atoms with Crippen LogP contribution in [-0.4, -0.2) is 46.2 Å². The van der Waals surface area contributed by atoms with Crippen LogP contribution in [0.2, 0.25) is 5.02 Å². The second-order valence-electron chi connectivity index (χ2n) is 7.58. The molecule has 2 aromatic heterocycles. The maximum atomic E-state index is 5.90. The molecule has 0 aliphatic carbocycles. The summed E-state index contributed by atoms with van der Waals surface area (Å²) < 4.78 is 7.51. The van der Waals surface area contributed by atoms with Crippen molar-refractivity contribution < 1.29 is 4.74 Å². The molecule has 0 unspecified atom stereocenters. The highest BCUT2D eigenvalue weighted by atomic mass is 35.5. The van der Waals surface area contributed by atoms with Gasteiger partial charge in [-0.2, -0.15) is 0 Å². The van der Waals surface area contributed by atoms with Gasteiger partial charge in [-0.3, -0.25) is 0 Å². The number of benzene rings is 2. The van der Waals surface area contributed by atoms with Gasteiger partial charge >= 0.3 is 0 Å². The molecule has 1 aliphatic heterocycles. The predicted molar refractivity (Wildman–Crippen MR) is 126 cm³/mol. The average Bonchev–Trinajstić information content (AvgIpc) is 3.34. The molecule has 32 heavy (non-hydrogen) atoms. The van der Waals surface area contributed by atoms with Crippen LogP contribution in [0.3, 0.4) is 0 Å². The van der Waals surface area contributed by atoms with Crippen molar-refractivity contribution in [2.75, 3.05) is 36.0 Å². The standard InChI is InChI=1S/C24H23ClN6O/c25-19-4-10-23(11-5-19)32-18-20-17-31(28-27-20)22-8-6-21(7-9-22)29-13-15-30(16-14-29)24-3-1-2-12-26-24/h1-12,17H,13-16,18H2. The molecule has 8 heteroatoms. The van der Waals surface area contributed by atoms with Crippen LogP contribution in [0.15, 0.2) is 79.1 Å². The van der Waals surface area contributed by atoms with E-state index in [9.17, 15) is 0 Å². The minimum atomic E-state index is 0.347. The Morgan fingerprint density at radius 2 is 1.53 bits per heavy atom. The van der Waals surface area contributed by atoms with E-state index < -0.39 is 0 Å². The Hall–Kier alpha value is -3.58. The van der Waals surface area contributed by atoms with Crippen LogP contribution < -0.4 is 14.5 Å². The van der Waals surface area contributed by atoms with Crippen molar-refractivity contribution in [2.45, 2.75) is 6.61 Å². The Morgan fingerprint density at radius 1 is 0.812 bits per heavy atom. The highest BCUT2D eigenvalue weighted by molar-refractivity contribution is 6.30. The van der Waals surface area contributed by atoms with Gasteiger partial charge in [-0.25, -0.2) is 9.67 Å². The van der Waals surface area contributed by atoms with E-state index in [2.05, 4.69) is 55.4 Å². The number of hydrogen-bond acceptors (Lipinski definition) is 6. The summed E-state index contributed by atoms with van der Waals surface area (Å²) in [5.41, 5.74) is 2.93. The Labute approximate surface area is 191 Å². The highest BCUT2D eigenvalue weighted by Crippen LogP contribution is 2.21. The Bertz CT molecular complexity index is 1140. The smallest absolute Gasteiger partial charge is 0.134 e. The van der Waals surface area contributed by atoms with E-state index in [-0.39, 0.29) is 0 Å². The lowest BCUT2D eigenvalue weighted by molar-refractivity contribution is 0.301. The molecular weight excluding hydrogens is 424 g/mol. The van der Waals surface area contributed by atoms with Crippen LogP contribution in [0.4, 0.5) is 11.5 Å². The van der Waals surface area contributed by atoms with Crippen molar-refractivity contribution in [1.82, 2.24) is 20.0 Å². The van der Waals surface area contributed by atoms with Gasteiger partial charge in [0.25, 0.3) is 0 Å². The molecule has 5 rings (SSSR count). The minimum absolute atomic E-state index is 0.347. The molecular formula is C24H23ClN6O. The van der Waals surface area contributed by atoms with Crippen LogP contribution in [0.5, 0.6) is 5.75 Å². The zero-order chi connectivity index (χ0) is 21.8. The zero-order valence-corrected chi connectivity index (χ0v) is 18.3. The fraction of sp³-hybridized carbons (Fsp3) is 0.208. The average molecular weight is 447 g/mol. The van der Waals surface area contributed by atoms with E-state index >= 15 is 0 Å². The molecule has 4 aromatic rings. The van der Waals surface area contributed by atoms with Gasteiger partial charge in [0.1, 0.15) is 23.9 Å². The highest BCUT2D eigenvalue weighted by Gasteiger charge is 2.18. The first-order chi connectivity index (χ1) is 15.7. The van der Waals surface area contributed by atoms with Gasteiger partial charge in [0.05, 0.1) is 11.9 Å². The predicted octanol–water partition coefficient (Wildman–Crippen LogP) is 4.22. The van der Waals surface area contributed by atoms with Gasteiger partial charge in [-0.1, -0.05) is 22.9 Å². The number of anilines is 2. The first kappa shape index (κ1) is 20.3. The number of halogens is 1. The summed E-state index contributed by atoms with van der Waals surface area (Å²) in [6.45, 7) is 4.19. The van der Waals surface area contributed by atoms with Crippen LogP contribution >= 0.6 is 11.6 Å². The van der Waals surface area contributed by atoms with Gasteiger partial charge in [-0.05, 0) is 60.7 Å². The van der Waals surface area contributed by atoms with E-state index in [0.29, 0.717) is 11.6 Å². The van der Waals surface area contributed by atoms with Gasteiger partial charge in [0.2, 0.25) is 0 Å². The van der Waals surface area contributed by atoms with Crippen molar-refractivity contribution >= 4 is 23.1 Å². The molecule has 0 spiro atoms. The number of piperazine rings is 1. The molecule has 162 valence electrons. The van der Waals surface area contributed by atoms with E-state index in [1.807, 2.05) is 36.7 Å². The van der Waals surface area contributed by atoms with E-state index in [1.165, 1.54) is 5.69 Å². The molecule has 1 saturated heterocycles. The summed E-state index contributed by atoms with van der Waals surface area (Å²) in [6, 6.07) is 21.7. The fourth-order valence-corrected chi connectivity index (χ4v) is 3.86. The first-order valence-electron chi connectivity index (χ1n) is 10.6. The van der Waals surface area contributed by atoms with Gasteiger partial charge in [0.15, 0.2) is 0 Å². The fourth-order valence-electron chi connectivity index (χ4n) is 3.73. The third-order valence-corrected chi connectivity index (χ3v) is 5.73. The zero-order valence-electron chi connectivity index (χ0n) is 17.5. The second-order valence-corrected chi connectivity index (χ2v) is 8.01. The Balaban J connectivity index is 1.18. The quantitative estimate of drug-likeness (QED) is 0.442. The summed E-state index contributed by atoms with van der Waals surface area (Å²) >= 11 is 5.90. The van der Waals surface area contributed by atoms with Crippen LogP contribution in [0.1, 0.15) is 5.69 Å². The van der Waals surface area contributed by atoms with Gasteiger partial charge in [-0.15, -0.1) is 5.10 Å². The minimum Gasteiger partial charge on any atom is -0.487 e. The van der Waals surface area contributed by atoms with Crippen molar-refractivity contribution in [3.63, 3.8) is 0 Å². The maximum absolute atomic E-state index is 5.90. The topological polar surface area (TPSA) is 59.3 Å². The molecule has 0 bridgehead atoms. The summed E-state index contributed by atoms with van der Waals surface area (Å²) in [5, 5.41) is 9.13. The van der Waals surface area contributed by atoms with Crippen LogP contribution in [-0.2, 0) is 6.61 Å². The second kappa shape index (κ2) is 9.28. The van der Waals surface area contributed by atoms with Crippen molar-refractivity contribution in [1.29, 1.82) is 0 Å². The van der Waals surface area contributed by atoms with Crippen LogP contribution in [0.25, 0.3) is 5.69 Å². The first-order valence-corrected chi connectivity index (χ1v) is 10.9. The van der Waals surface area contributed by atoms with Crippen molar-refractivity contribution in [3.05, 3.63) is 89.8 Å². The number of aromatic nitrogens is 4. The van der Waals surface area contributed by atoms with E-state index in [1.54, 1.807) is 16.8 Å². The Kier molecular flexibility index (Phi) is 5.89. The molecule has 0 amide bonds. The largest absolute Gasteiger partial charge is 0.487 e. The lowest BCUT2D eigenvalue weighted by atomic mass is 10.2. The molecule has 0 atom stereocenters. The van der Waals surface area contributed by atoms with Gasteiger partial charge < -0.3 is 14.5 Å². The Morgan fingerprint density at radius 3 is 2.25 bits per heavy atom. The molecule has 0 radical (unpaired) electrons. The molecule has 0 N–H and O–H groups in total. The SMILES string of the molecule is Clc1ccc(OCc2cn(-c3ccc(N4CCN(c5ccccn5)CC4)cc3)nn2)cc1. The number of ether oxygens (including phenoxy) is 1. The molecule has 1 aliphatic rings. The normalized spacial score (nSPS) is 13.9. The maximum Gasteiger partial charge on any atom is 0.134 e. The number of nitrogens with zero attached hydrogens (tertiary/aromatic N) is 6. The lowest BCUT2D eigenvalue weighted by Crippen LogP contribution is -2.46. The number of rotatable bonds is 6. The third-order valence-electron chi connectivity index (χ3n) is 5.47. The van der Waals surface area contributed by atoms with Crippen molar-refractivity contribution in [3.8, 4) is 11.4 Å². The molecule has 2 aromatic carbocycles. The number of hydrogen-bond donors (Lipinski definition) is 0. The summed E-state index contributed by atoms with van der Waals surface area (Å²) in [5.74, 6) is 1.79. The molecule has 1 fully saturated rings. The van der Waals surface area contributed by atoms with E-state index in [4.69, 9.17) is 16.3 Å². The van der Waals surface area contributed by atoms with Gasteiger partial charge in [0, 0.05) is 43.1 Å². The summed E-state index contributed by atoms with van der Waals surface area (Å²) in [6.07, 6.45) is 3.73. The number of pyridine rings is 1.